The Hall–Kier alpha value is -7.18. The van der Waals surface area contributed by atoms with E-state index in [1.165, 1.54) is 10.6 Å². The van der Waals surface area contributed by atoms with Gasteiger partial charge < -0.3 is 44.5 Å². The second-order valence-electron chi connectivity index (χ2n) is 17.4. The Kier molecular flexibility index (Phi) is 11.6. The van der Waals surface area contributed by atoms with Crippen molar-refractivity contribution < 1.29 is 39.2 Å². The third-order valence-corrected chi connectivity index (χ3v) is 13.2. The number of aliphatic hydroxyl groups is 1. The van der Waals surface area contributed by atoms with Crippen molar-refractivity contribution in [2.75, 3.05) is 33.2 Å². The van der Waals surface area contributed by atoms with Crippen LogP contribution in [0.25, 0.3) is 39.4 Å². The molecule has 1 atom stereocenters. The molecule has 4 N–H and O–H groups in total. The van der Waals surface area contributed by atoms with E-state index in [9.17, 15) is 34.5 Å². The fourth-order valence-electron chi connectivity index (χ4n) is 9.44. The number of esters is 1. The maximum atomic E-state index is 13.7. The number of aromatic nitrogens is 6. The molecule has 1 unspecified atom stereocenters. The highest BCUT2D eigenvalue weighted by Gasteiger charge is 2.45. The number of hydrogen-bond acceptors (Lipinski definition) is 14. The Morgan fingerprint density at radius 2 is 1.82 bits per heavy atom. The molecule has 9 rings (SSSR count). The van der Waals surface area contributed by atoms with Crippen molar-refractivity contribution in [2.24, 2.45) is 0 Å². The zero-order valence-corrected chi connectivity index (χ0v) is 37.4. The number of likely N-dealkylation sites (tertiary alicyclic amines) is 1. The van der Waals surface area contributed by atoms with Crippen molar-refractivity contribution >= 4 is 28.9 Å². The number of likely N-dealkylation sites (N-methyl/N-ethyl adjacent to an activating group) is 1. The van der Waals surface area contributed by atoms with Crippen molar-refractivity contribution in [2.45, 2.75) is 84.1 Å². The molecular weight excluding hydrogens is 847 g/mol. The number of ether oxygens (including phenoxy) is 2. The zero-order valence-electron chi connectivity index (χ0n) is 37.4. The molecule has 66 heavy (non-hydrogen) atoms. The smallest absolute Gasteiger partial charge is 0.415 e. The number of rotatable bonds is 11. The largest absolute Gasteiger partial charge is 0.508 e. The van der Waals surface area contributed by atoms with Crippen molar-refractivity contribution in [1.29, 1.82) is 0 Å². The molecule has 18 nitrogen and oxygen atoms in total. The first-order valence-electron chi connectivity index (χ1n) is 22.2. The van der Waals surface area contributed by atoms with Crippen LogP contribution in [0.4, 0.5) is 4.79 Å². The number of pyridine rings is 3. The molecule has 0 saturated carbocycles. The van der Waals surface area contributed by atoms with Crippen LogP contribution in [0.1, 0.15) is 91.3 Å². The van der Waals surface area contributed by atoms with Crippen LogP contribution in [0.5, 0.6) is 17.2 Å². The van der Waals surface area contributed by atoms with Crippen LogP contribution in [0.15, 0.2) is 65.7 Å². The Labute approximate surface area is 379 Å². The van der Waals surface area contributed by atoms with E-state index in [0.717, 1.165) is 16.5 Å². The third kappa shape index (κ3) is 7.58. The first kappa shape index (κ1) is 44.0. The first-order chi connectivity index (χ1) is 31.7. The highest BCUT2D eigenvalue weighted by Crippen LogP contribution is 2.42. The molecule has 1 saturated heterocycles. The third-order valence-electron chi connectivity index (χ3n) is 13.2. The monoisotopic (exact) mass is 897 g/mol. The summed E-state index contributed by atoms with van der Waals surface area (Å²) < 4.78 is 14.3. The van der Waals surface area contributed by atoms with Crippen LogP contribution in [0, 0.1) is 0 Å². The quantitative estimate of drug-likeness (QED) is 0.123. The number of carbonyl (C=O) groups is 3. The topological polar surface area (TPSA) is 227 Å². The molecule has 3 aliphatic rings. The summed E-state index contributed by atoms with van der Waals surface area (Å²) in [7, 11) is 1.98. The molecule has 0 radical (unpaired) electrons. The summed E-state index contributed by atoms with van der Waals surface area (Å²) in [6.07, 6.45) is 4.78. The summed E-state index contributed by atoms with van der Waals surface area (Å²) in [6, 6.07) is 13.6. The first-order valence-corrected chi connectivity index (χ1v) is 22.2. The Morgan fingerprint density at radius 3 is 2.53 bits per heavy atom. The van der Waals surface area contributed by atoms with Crippen LogP contribution in [-0.2, 0) is 34.7 Å². The van der Waals surface area contributed by atoms with Crippen molar-refractivity contribution in [3.8, 4) is 45.7 Å². The van der Waals surface area contributed by atoms with Gasteiger partial charge in [-0.1, -0.05) is 27.7 Å². The number of amides is 2. The van der Waals surface area contributed by atoms with Gasteiger partial charge >= 0.3 is 12.1 Å². The number of aryl methyl sites for hydroxylation is 1. The van der Waals surface area contributed by atoms with E-state index < -0.39 is 23.6 Å². The number of piperidine rings is 1. The molecule has 0 aliphatic carbocycles. The number of aromatic hydroxyl groups is 2. The summed E-state index contributed by atoms with van der Waals surface area (Å²) in [5, 5.41) is 44.8. The Balaban J connectivity index is 0.831. The van der Waals surface area contributed by atoms with Crippen LogP contribution < -0.4 is 15.6 Å². The molecule has 3 aliphatic heterocycles. The van der Waals surface area contributed by atoms with Gasteiger partial charge in [-0.05, 0) is 92.2 Å². The maximum absolute atomic E-state index is 13.7. The van der Waals surface area contributed by atoms with Gasteiger partial charge in [0.15, 0.2) is 11.4 Å². The lowest BCUT2D eigenvalue weighted by atomic mass is 9.86. The van der Waals surface area contributed by atoms with Gasteiger partial charge in [0.2, 0.25) is 5.82 Å². The molecule has 0 bridgehead atoms. The minimum absolute atomic E-state index is 0.00558. The molecule has 2 amide bonds. The number of nitrogens with zero attached hydrogens (tertiary/aromatic N) is 8. The highest BCUT2D eigenvalue weighted by atomic mass is 16.6. The predicted molar refractivity (Wildman–Crippen MR) is 241 cm³/mol. The summed E-state index contributed by atoms with van der Waals surface area (Å²) in [5.74, 6) is -0.942. The summed E-state index contributed by atoms with van der Waals surface area (Å²) >= 11 is 0. The fraction of sp³-hybridized carbons (Fsp3) is 0.375. The van der Waals surface area contributed by atoms with E-state index in [-0.39, 0.29) is 71.4 Å². The molecular formula is C48H51N9O9. The van der Waals surface area contributed by atoms with E-state index in [1.54, 1.807) is 65.2 Å². The average Bonchev–Trinajstić information content (AvgIpc) is 3.92. The standard InChI is InChI=1S/C48H51N9O9/c1-6-30-32-19-29(10-11-37(32)51-41-34(30)24-56-38(41)21-36-35(45(56)61)25-65-46(62)48(36,64)7-2)66-47(63)55-16-12-27(13-17-55)54(5)18-15-50-44(60)43-53-52-42(57(43)28-9-8-14-49-23-28)33-20-31(26(3)4)39(58)22-40(33)59/h8-11,14,19-23,26-27,58-59,64H,6-7,12-13,15-18,24-25H2,1-5H3,(H,50,60). The number of phenolic OH excluding ortho intramolecular Hbond substituents is 2. The second-order valence-corrected chi connectivity index (χ2v) is 17.4. The Morgan fingerprint density at radius 1 is 1.03 bits per heavy atom. The van der Waals surface area contributed by atoms with E-state index in [1.807, 2.05) is 33.9 Å². The molecule has 1 fully saturated rings. The van der Waals surface area contributed by atoms with Gasteiger partial charge in [0.05, 0.1) is 46.5 Å². The molecule has 7 heterocycles. The Bertz CT molecular complexity index is 2980. The molecule has 6 aromatic rings. The lowest BCUT2D eigenvalue weighted by Crippen LogP contribution is -2.47. The van der Waals surface area contributed by atoms with Crippen molar-refractivity contribution in [1.82, 2.24) is 44.4 Å². The zero-order chi connectivity index (χ0) is 46.6. The normalized spacial score (nSPS) is 16.9. The van der Waals surface area contributed by atoms with Crippen molar-refractivity contribution in [3.63, 3.8) is 0 Å². The van der Waals surface area contributed by atoms with Crippen LogP contribution in [0.3, 0.4) is 0 Å². The molecule has 342 valence electrons. The van der Waals surface area contributed by atoms with Gasteiger partial charge in [-0.2, -0.15) is 0 Å². The van der Waals surface area contributed by atoms with Crippen LogP contribution >= 0.6 is 0 Å². The van der Waals surface area contributed by atoms with E-state index in [2.05, 4.69) is 25.4 Å². The van der Waals surface area contributed by atoms with E-state index >= 15 is 0 Å². The number of cyclic esters (lactones) is 1. The SMILES string of the molecule is CCc1c2c(nc3ccc(OC(=O)N4CCC(N(C)CCNC(=O)c5nnc(-c6cc(C(C)C)c(O)cc6O)n5-c5cccnc5)CC4)cc13)-c1cc3c(c(=O)n1C2)COC(=O)C3(O)CC. The van der Waals surface area contributed by atoms with E-state index in [0.29, 0.717) is 84.9 Å². The van der Waals surface area contributed by atoms with Gasteiger partial charge in [-0.25, -0.2) is 14.6 Å². The maximum Gasteiger partial charge on any atom is 0.415 e. The molecule has 4 aromatic heterocycles. The van der Waals surface area contributed by atoms with Crippen molar-refractivity contribution in [3.05, 3.63) is 105 Å². The number of benzene rings is 2. The minimum atomic E-state index is -1.92. The summed E-state index contributed by atoms with van der Waals surface area (Å²) in [6.45, 7) is 9.37. The molecule has 2 aromatic carbocycles. The number of carbonyl (C=O) groups excluding carboxylic acids is 3. The molecule has 18 heteroatoms. The number of hydrogen-bond donors (Lipinski definition) is 4. The van der Waals surface area contributed by atoms with E-state index in [4.69, 9.17) is 14.5 Å². The van der Waals surface area contributed by atoms with Crippen LogP contribution in [-0.4, -0.2) is 112 Å². The average molecular weight is 898 g/mol. The predicted octanol–water partition coefficient (Wildman–Crippen LogP) is 5.14. The van der Waals surface area contributed by atoms with Crippen LogP contribution in [0.2, 0.25) is 0 Å². The second kappa shape index (κ2) is 17.3. The van der Waals surface area contributed by atoms with Gasteiger partial charge in [-0.15, -0.1) is 10.2 Å². The highest BCUT2D eigenvalue weighted by molar-refractivity contribution is 5.93. The summed E-state index contributed by atoms with van der Waals surface area (Å²) in [5.41, 5.74) is 3.34. The number of nitrogens with one attached hydrogen (secondary N) is 1. The minimum Gasteiger partial charge on any atom is -0.508 e. The van der Waals surface area contributed by atoms with Gasteiger partial charge in [0.25, 0.3) is 11.5 Å². The van der Waals surface area contributed by atoms with Gasteiger partial charge in [0.1, 0.15) is 23.9 Å². The lowest BCUT2D eigenvalue weighted by Gasteiger charge is -2.36. The van der Waals surface area contributed by atoms with Gasteiger partial charge in [-0.3, -0.25) is 19.1 Å². The summed E-state index contributed by atoms with van der Waals surface area (Å²) in [4.78, 5) is 66.5. The van der Waals surface area contributed by atoms with Gasteiger partial charge in [0, 0.05) is 61.0 Å². The fourth-order valence-corrected chi connectivity index (χ4v) is 9.44. The number of phenols is 2. The number of fused-ring (bicyclic) bond motifs is 5. The lowest BCUT2D eigenvalue weighted by molar-refractivity contribution is -0.172. The molecule has 0 spiro atoms.